The van der Waals surface area contributed by atoms with E-state index < -0.39 is 28.5 Å². The van der Waals surface area contributed by atoms with E-state index >= 15 is 0 Å². The van der Waals surface area contributed by atoms with E-state index in [2.05, 4.69) is 5.32 Å². The van der Waals surface area contributed by atoms with Crippen molar-refractivity contribution in [3.05, 3.63) is 69.8 Å². The fourth-order valence-electron chi connectivity index (χ4n) is 2.19. The van der Waals surface area contributed by atoms with Crippen LogP contribution in [-0.2, 0) is 12.6 Å². The molecule has 0 bridgehead atoms. The van der Waals surface area contributed by atoms with E-state index in [-0.39, 0.29) is 12.2 Å². The summed E-state index contributed by atoms with van der Waals surface area (Å²) in [7, 11) is 0. The number of benzene rings is 2. The molecule has 1 atom stereocenters. The van der Waals surface area contributed by atoms with Crippen LogP contribution in [0.15, 0.2) is 48.5 Å². The molecule has 0 aliphatic carbocycles. The lowest BCUT2D eigenvalue weighted by Gasteiger charge is -2.14. The van der Waals surface area contributed by atoms with Crippen molar-refractivity contribution < 1.29 is 23.2 Å². The number of rotatable bonds is 6. The molecule has 8 heteroatoms. The van der Waals surface area contributed by atoms with E-state index in [0.29, 0.717) is 12.5 Å². The number of hydrogen-bond acceptors (Lipinski definition) is 4. The van der Waals surface area contributed by atoms with Gasteiger partial charge in [0.2, 0.25) is 0 Å². The zero-order valence-electron chi connectivity index (χ0n) is 12.5. The van der Waals surface area contributed by atoms with Crippen LogP contribution >= 0.6 is 0 Å². The Hall–Kier alpha value is -2.61. The largest absolute Gasteiger partial charge is 0.416 e. The smallest absolute Gasteiger partial charge is 0.391 e. The Morgan fingerprint density at radius 1 is 1.17 bits per heavy atom. The third-order valence-electron chi connectivity index (χ3n) is 3.36. The Labute approximate surface area is 135 Å². The molecule has 0 aromatic heterocycles. The number of nitrogens with one attached hydrogen (secondary N) is 1. The first-order chi connectivity index (χ1) is 11.3. The third-order valence-corrected chi connectivity index (χ3v) is 3.36. The van der Waals surface area contributed by atoms with Crippen LogP contribution in [0.5, 0.6) is 0 Å². The van der Waals surface area contributed by atoms with Gasteiger partial charge in [-0.3, -0.25) is 10.1 Å². The van der Waals surface area contributed by atoms with Gasteiger partial charge in [-0.25, -0.2) is 0 Å². The quantitative estimate of drug-likeness (QED) is 0.622. The van der Waals surface area contributed by atoms with Crippen molar-refractivity contribution in [2.45, 2.75) is 18.7 Å². The van der Waals surface area contributed by atoms with Crippen LogP contribution in [0.1, 0.15) is 11.1 Å². The van der Waals surface area contributed by atoms with Crippen molar-refractivity contribution in [3.63, 3.8) is 0 Å². The van der Waals surface area contributed by atoms with Crippen molar-refractivity contribution in [1.29, 1.82) is 0 Å². The van der Waals surface area contributed by atoms with E-state index in [9.17, 15) is 28.4 Å². The van der Waals surface area contributed by atoms with Crippen molar-refractivity contribution in [2.24, 2.45) is 0 Å². The van der Waals surface area contributed by atoms with Gasteiger partial charge in [-0.15, -0.1) is 0 Å². The first-order valence-corrected chi connectivity index (χ1v) is 7.09. The van der Waals surface area contributed by atoms with E-state index in [1.54, 1.807) is 0 Å². The van der Waals surface area contributed by atoms with Gasteiger partial charge in [0.1, 0.15) is 5.69 Å². The zero-order chi connectivity index (χ0) is 17.7. The standard InChI is InChI=1S/C16H15F3N2O3/c17-16(18,19)12-6-7-14(15(9-12)21(23)24)20-10-13(22)8-11-4-2-1-3-5-11/h1-7,9,13,20,22H,8,10H2. The zero-order valence-corrected chi connectivity index (χ0v) is 12.5. The minimum Gasteiger partial charge on any atom is -0.391 e. The summed E-state index contributed by atoms with van der Waals surface area (Å²) in [6.45, 7) is -0.0267. The Morgan fingerprint density at radius 3 is 2.42 bits per heavy atom. The van der Waals surface area contributed by atoms with Crippen LogP contribution in [0.25, 0.3) is 0 Å². The van der Waals surface area contributed by atoms with Crippen LogP contribution < -0.4 is 5.32 Å². The highest BCUT2D eigenvalue weighted by Crippen LogP contribution is 2.34. The van der Waals surface area contributed by atoms with Crippen molar-refractivity contribution >= 4 is 11.4 Å². The predicted molar refractivity (Wildman–Crippen MR) is 82.7 cm³/mol. The maximum Gasteiger partial charge on any atom is 0.416 e. The molecular weight excluding hydrogens is 325 g/mol. The molecule has 0 aliphatic heterocycles. The van der Waals surface area contributed by atoms with Gasteiger partial charge in [-0.1, -0.05) is 30.3 Å². The Kier molecular flexibility index (Phi) is 5.40. The van der Waals surface area contributed by atoms with E-state index in [1.165, 1.54) is 0 Å². The highest BCUT2D eigenvalue weighted by Gasteiger charge is 2.33. The Morgan fingerprint density at radius 2 is 1.83 bits per heavy atom. The van der Waals surface area contributed by atoms with Crippen molar-refractivity contribution in [2.75, 3.05) is 11.9 Å². The van der Waals surface area contributed by atoms with Gasteiger partial charge in [0.15, 0.2) is 0 Å². The van der Waals surface area contributed by atoms with E-state index in [4.69, 9.17) is 0 Å². The molecule has 2 aromatic rings. The second-order valence-corrected chi connectivity index (χ2v) is 5.21. The summed E-state index contributed by atoms with van der Waals surface area (Å²) in [4.78, 5) is 10.1. The maximum absolute atomic E-state index is 12.6. The monoisotopic (exact) mass is 340 g/mol. The first kappa shape index (κ1) is 17.7. The molecule has 2 aromatic carbocycles. The highest BCUT2D eigenvalue weighted by atomic mass is 19.4. The molecule has 2 rings (SSSR count). The molecule has 0 radical (unpaired) electrons. The third kappa shape index (κ3) is 4.69. The van der Waals surface area contributed by atoms with Crippen LogP contribution in [-0.4, -0.2) is 22.7 Å². The van der Waals surface area contributed by atoms with Gasteiger partial charge in [-0.2, -0.15) is 13.2 Å². The summed E-state index contributed by atoms with van der Waals surface area (Å²) in [5, 5.41) is 23.6. The number of halogens is 3. The average Bonchev–Trinajstić information content (AvgIpc) is 2.52. The summed E-state index contributed by atoms with van der Waals surface area (Å²) in [6, 6.07) is 11.3. The normalized spacial score (nSPS) is 12.7. The average molecular weight is 340 g/mol. The summed E-state index contributed by atoms with van der Waals surface area (Å²) < 4.78 is 37.9. The highest BCUT2D eigenvalue weighted by molar-refractivity contribution is 5.63. The lowest BCUT2D eigenvalue weighted by Crippen LogP contribution is -2.22. The SMILES string of the molecule is O=[N+]([O-])c1cc(C(F)(F)F)ccc1NCC(O)Cc1ccccc1. The molecule has 24 heavy (non-hydrogen) atoms. The summed E-state index contributed by atoms with van der Waals surface area (Å²) in [5.74, 6) is 0. The van der Waals surface area contributed by atoms with E-state index in [0.717, 1.165) is 17.7 Å². The van der Waals surface area contributed by atoms with Gasteiger partial charge in [0.05, 0.1) is 16.6 Å². The Bertz CT molecular complexity index is 705. The number of hydrogen-bond donors (Lipinski definition) is 2. The number of aliphatic hydroxyl groups is 1. The van der Waals surface area contributed by atoms with Gasteiger partial charge < -0.3 is 10.4 Å². The molecule has 0 saturated carbocycles. The second-order valence-electron chi connectivity index (χ2n) is 5.21. The van der Waals surface area contributed by atoms with E-state index in [1.807, 2.05) is 30.3 Å². The summed E-state index contributed by atoms with van der Waals surface area (Å²) >= 11 is 0. The molecule has 0 heterocycles. The van der Waals surface area contributed by atoms with Crippen molar-refractivity contribution in [3.8, 4) is 0 Å². The first-order valence-electron chi connectivity index (χ1n) is 7.09. The number of nitro groups is 1. The molecule has 0 amide bonds. The minimum absolute atomic E-state index is 0.0267. The fourth-order valence-corrected chi connectivity index (χ4v) is 2.19. The molecule has 0 saturated heterocycles. The summed E-state index contributed by atoms with van der Waals surface area (Å²) in [5.41, 5.74) is -0.963. The molecule has 0 spiro atoms. The fraction of sp³-hybridized carbons (Fsp3) is 0.250. The van der Waals surface area contributed by atoms with Gasteiger partial charge in [-0.05, 0) is 17.7 Å². The van der Waals surface area contributed by atoms with Crippen LogP contribution in [0.4, 0.5) is 24.5 Å². The van der Waals surface area contributed by atoms with Gasteiger partial charge >= 0.3 is 6.18 Å². The topological polar surface area (TPSA) is 75.4 Å². The lowest BCUT2D eigenvalue weighted by molar-refractivity contribution is -0.384. The molecule has 0 aliphatic rings. The summed E-state index contributed by atoms with van der Waals surface area (Å²) in [6.07, 6.45) is -5.17. The van der Waals surface area contributed by atoms with Crippen molar-refractivity contribution in [1.82, 2.24) is 0 Å². The van der Waals surface area contributed by atoms with Crippen LogP contribution in [0, 0.1) is 10.1 Å². The molecule has 1 unspecified atom stereocenters. The molecular formula is C16H15F3N2O3. The van der Waals surface area contributed by atoms with Gasteiger partial charge in [0, 0.05) is 19.0 Å². The minimum atomic E-state index is -4.66. The number of nitro benzene ring substituents is 1. The van der Waals surface area contributed by atoms with Crippen LogP contribution in [0.2, 0.25) is 0 Å². The number of anilines is 1. The second kappa shape index (κ2) is 7.31. The Balaban J connectivity index is 2.07. The number of aliphatic hydroxyl groups excluding tert-OH is 1. The number of nitrogens with zero attached hydrogens (tertiary/aromatic N) is 1. The molecule has 128 valence electrons. The number of alkyl halides is 3. The van der Waals surface area contributed by atoms with Crippen LogP contribution in [0.3, 0.4) is 0 Å². The van der Waals surface area contributed by atoms with Gasteiger partial charge in [0.25, 0.3) is 5.69 Å². The predicted octanol–water partition coefficient (Wildman–Crippen LogP) is 3.63. The lowest BCUT2D eigenvalue weighted by atomic mass is 10.1. The molecule has 0 fully saturated rings. The maximum atomic E-state index is 12.6. The molecule has 5 nitrogen and oxygen atoms in total. The molecule has 2 N–H and O–H groups in total.